The largest absolute Gasteiger partial charge is 0.482 e. The summed E-state index contributed by atoms with van der Waals surface area (Å²) >= 11 is 0.664. The van der Waals surface area contributed by atoms with Crippen molar-refractivity contribution in [2.24, 2.45) is 52.2 Å². The van der Waals surface area contributed by atoms with Crippen LogP contribution in [0.5, 0.6) is 5.75 Å². The van der Waals surface area contributed by atoms with Crippen molar-refractivity contribution in [3.63, 3.8) is 0 Å². The summed E-state index contributed by atoms with van der Waals surface area (Å²) in [7, 11) is 1.18. The molecule has 1 aliphatic carbocycles. The molecule has 0 unspecified atom stereocenters. The molecule has 1 heterocycles. The lowest BCUT2D eigenvalue weighted by Gasteiger charge is -2.32. The van der Waals surface area contributed by atoms with Crippen LogP contribution < -0.4 is 114 Å². The predicted molar refractivity (Wildman–Crippen MR) is 540 cm³/mol. The summed E-state index contributed by atoms with van der Waals surface area (Å²) in [5, 5.41) is 55.9. The number of hydrogen-bond acceptors (Lipinski definition) is 25. The van der Waals surface area contributed by atoms with Gasteiger partial charge in [-0.1, -0.05) is 175 Å². The first-order valence-corrected chi connectivity index (χ1v) is 50.3. The van der Waals surface area contributed by atoms with Crippen LogP contribution in [0, 0.1) is 17.8 Å². The zero-order valence-electron chi connectivity index (χ0n) is 83.9. The molecule has 2 fully saturated rings. The van der Waals surface area contributed by atoms with E-state index in [2.05, 4.69) is 74.4 Å². The van der Waals surface area contributed by atoms with Crippen LogP contribution in [0.15, 0.2) is 133 Å². The summed E-state index contributed by atoms with van der Waals surface area (Å²) in [4.78, 5) is 276. The zero-order chi connectivity index (χ0) is 109. The second-order valence-electron chi connectivity index (χ2n) is 37.7. The number of nitrogens with one attached hydrogen (secondary N) is 14. The van der Waals surface area contributed by atoms with Gasteiger partial charge in [0.1, 0.15) is 96.4 Å². The maximum Gasteiger partial charge on any atom is 0.416 e. The smallest absolute Gasteiger partial charge is 0.416 e. The van der Waals surface area contributed by atoms with E-state index in [0.717, 1.165) is 41.9 Å². The molecular formula is C101H140F3N21O22S. The third-order valence-corrected chi connectivity index (χ3v) is 26.0. The molecule has 2 aliphatic rings. The topological polar surface area (TPSA) is 702 Å². The van der Waals surface area contributed by atoms with Gasteiger partial charge in [-0.25, -0.2) is 4.79 Å². The second-order valence-corrected chi connectivity index (χ2v) is 38.7. The number of carbonyl (C=O) groups excluding carboxylic acids is 17. The third kappa shape index (κ3) is 40.2. The van der Waals surface area contributed by atoms with E-state index in [9.17, 15) is 80.9 Å². The van der Waals surface area contributed by atoms with Crippen molar-refractivity contribution in [3.8, 4) is 16.9 Å². The van der Waals surface area contributed by atoms with Crippen LogP contribution in [0.2, 0.25) is 0 Å². The van der Waals surface area contributed by atoms with Crippen LogP contribution >= 0.6 is 11.8 Å². The molecule has 1 saturated heterocycles. The van der Waals surface area contributed by atoms with E-state index < -0.39 is 283 Å². The van der Waals surface area contributed by atoms with Gasteiger partial charge in [0.05, 0.1) is 17.7 Å². The van der Waals surface area contributed by atoms with E-state index in [1.54, 1.807) is 100 Å². The number of carboxylic acids is 2. The molecule has 148 heavy (non-hydrogen) atoms. The Labute approximate surface area is 859 Å². The summed E-state index contributed by atoms with van der Waals surface area (Å²) in [5.41, 5.74) is 36.7. The molecule has 7 rings (SSSR count). The SMILES string of the molecule is CC(C)C[C@H]1NC(=O)[C@H](C)N(C)C(=O)[C@H](CCC(N)=O)NC(=O)[C@H](Cc2ccc(-c3ccccc3)cc2)NC(=O)[C@H](CCc2ccccc2)NC(=O)[C@H](Cc2cccc(C(F)(F)F)c2)NC(=O)[C@H](CC(=O)O)NC(=O)[C@H](Cc2ccc(OCC(=O)O)cc2)NC(=O)[C@H]([C@@H](C)N)NC(=O)CSC[C@@H](C(=O)N[C@@H](CCN)C(N)=O)NC(=O)[C@H](CCCN)NC(=O)[C@H](C(C)C)NC(=O)[C@H](CC2CCCCC2)NC(=O)[C@H](CCN)NC1=O. The summed E-state index contributed by atoms with van der Waals surface area (Å²) in [6.45, 7) is 7.88. The van der Waals surface area contributed by atoms with Crippen molar-refractivity contribution in [2.75, 3.05) is 44.8 Å². The summed E-state index contributed by atoms with van der Waals surface area (Å²) < 4.78 is 49.3. The van der Waals surface area contributed by atoms with Crippen molar-refractivity contribution < 1.29 is 119 Å². The number of carbonyl (C=O) groups is 19. The minimum absolute atomic E-state index is 0.00420. The number of amides is 17. The maximum atomic E-state index is 15.7. The van der Waals surface area contributed by atoms with E-state index in [1.165, 1.54) is 45.2 Å². The molecular weight excluding hydrogens is 1950 g/mol. The Morgan fingerprint density at radius 1 is 0.486 bits per heavy atom. The Balaban J connectivity index is 1.38. The van der Waals surface area contributed by atoms with Crippen molar-refractivity contribution in [1.29, 1.82) is 0 Å². The van der Waals surface area contributed by atoms with E-state index in [4.69, 9.17) is 39.1 Å². The Kier molecular flexibility index (Phi) is 49.1. The molecule has 16 atom stereocenters. The third-order valence-electron chi connectivity index (χ3n) is 25.0. The lowest BCUT2D eigenvalue weighted by Crippen LogP contribution is -2.62. The molecule has 808 valence electrons. The van der Waals surface area contributed by atoms with Crippen LogP contribution in [0.3, 0.4) is 0 Å². The van der Waals surface area contributed by atoms with Crippen LogP contribution in [-0.4, -0.2) is 269 Å². The average Bonchev–Trinajstić information content (AvgIpc) is 0.830. The minimum atomic E-state index is -5.02. The van der Waals surface area contributed by atoms with Gasteiger partial charge in [-0.05, 0) is 161 Å². The number of rotatable bonds is 34. The van der Waals surface area contributed by atoms with E-state index in [-0.39, 0.29) is 99.7 Å². The molecule has 1 aliphatic heterocycles. The lowest BCUT2D eigenvalue weighted by atomic mass is 9.84. The van der Waals surface area contributed by atoms with Gasteiger partial charge in [0.2, 0.25) is 100 Å². The Bertz CT molecular complexity index is 5360. The number of aliphatic carboxylic acids is 2. The van der Waals surface area contributed by atoms with Crippen LogP contribution in [0.4, 0.5) is 13.2 Å². The number of primary amides is 2. The van der Waals surface area contributed by atoms with Gasteiger partial charge < -0.3 is 129 Å². The molecule has 28 N–H and O–H groups in total. The number of thioether (sulfide) groups is 1. The molecule has 0 radical (unpaired) electrons. The fourth-order valence-corrected chi connectivity index (χ4v) is 17.5. The van der Waals surface area contributed by atoms with Gasteiger partial charge in [0.15, 0.2) is 6.61 Å². The lowest BCUT2D eigenvalue weighted by molar-refractivity contribution is -0.143. The van der Waals surface area contributed by atoms with Gasteiger partial charge >= 0.3 is 18.1 Å². The zero-order valence-corrected chi connectivity index (χ0v) is 84.7. The number of halogens is 3. The predicted octanol–water partition coefficient (Wildman–Crippen LogP) is -0.441. The summed E-state index contributed by atoms with van der Waals surface area (Å²) in [6, 6.07) is 5.55. The highest BCUT2D eigenvalue weighted by atomic mass is 32.2. The normalized spacial score (nSPS) is 23.3. The molecule has 5 aromatic carbocycles. The minimum Gasteiger partial charge on any atom is -0.482 e. The molecule has 0 aromatic heterocycles. The highest BCUT2D eigenvalue weighted by molar-refractivity contribution is 8.00. The summed E-state index contributed by atoms with van der Waals surface area (Å²) in [6.07, 6.45) is -6.80. The number of aryl methyl sites for hydroxylation is 1. The quantitative estimate of drug-likeness (QED) is 0.0248. The number of carboxylic acid groups (broad SMARTS) is 2. The molecule has 5 aromatic rings. The number of benzene rings is 5. The number of nitrogens with zero attached hydrogens (tertiary/aromatic N) is 1. The molecule has 43 nitrogen and oxygen atoms in total. The first-order valence-electron chi connectivity index (χ1n) is 49.2. The number of alkyl halides is 3. The first-order chi connectivity index (χ1) is 70.1. The Hall–Kier alpha value is -14.2. The van der Waals surface area contributed by atoms with Crippen LogP contribution in [-0.2, 0) is 123 Å². The van der Waals surface area contributed by atoms with Gasteiger partial charge in [-0.3, -0.25) is 86.3 Å². The van der Waals surface area contributed by atoms with Crippen molar-refractivity contribution in [1.82, 2.24) is 79.3 Å². The fraction of sp³-hybridized carbons (Fsp3) is 0.515. The highest BCUT2D eigenvalue weighted by Gasteiger charge is 2.43. The number of hydrogen-bond donors (Lipinski definition) is 22. The summed E-state index contributed by atoms with van der Waals surface area (Å²) in [5.74, 6) is -24.1. The molecule has 17 amide bonds. The Morgan fingerprint density at radius 3 is 1.51 bits per heavy atom. The monoisotopic (exact) mass is 2090 g/mol. The van der Waals surface area contributed by atoms with E-state index >= 15 is 33.6 Å². The first kappa shape index (κ1) is 121. The standard InChI is InChI=1S/C101H140F3N21O22S/c1-55(2)45-73-91(137)113-71(41-44-107)90(136)118-76(47-60-21-13-9-14-22-60)96(142)124-84(56(3)4)98(144)114-69(27-18-42-105)88(134)122-79(97(143)111-68(40-43-106)86(110)132)53-148-54-81(127)123-85(57(5)108)99(145)121-75(49-62-30-35-67(36-31-62)147-52-83(130)131)94(140)120-78(51-82(128)129)95(141)119-77(50-63-23-17-26-66(46-63)101(102,103)104)92(138)112-70(37-32-59-19-11-8-12-20-59)89(135)117-74(48-61-28-33-65(34-29-61)64-24-15-10-16-25-64)93(139)115-72(38-39-80(109)126)100(146)125(7)58(6)87(133)116-73/h8,10-12,15-17,19-20,23-26,28-31,33-36,46,55-58,60,68-79,84-85H,9,13-14,18,21-22,27,32,37-45,47-54,105-108H2,1-7H3,(H2,109,126)(H2,110,132)(H,111,143)(H,112,138)(H,113,137)(H,114,144)(H,115,139)(H,116,133)(H,117,135)(H,118,136)(H,119,141)(H,120,140)(H,121,145)(H,122,134)(H,123,127)(H,124,142)(H,128,129)(H,130,131)/t57-,58+,68+,69+,70+,71+,72+,73-,74+,75+,76+,77+,78+,79+,84+,85+/m1/s1. The van der Waals surface area contributed by atoms with Crippen molar-refractivity contribution in [3.05, 3.63) is 161 Å². The molecule has 1 saturated carbocycles. The second kappa shape index (κ2) is 60.2. The van der Waals surface area contributed by atoms with Gasteiger partial charge in [-0.2, -0.15) is 13.2 Å². The molecule has 0 bridgehead atoms. The van der Waals surface area contributed by atoms with Gasteiger partial charge in [0, 0.05) is 44.5 Å². The van der Waals surface area contributed by atoms with Crippen LogP contribution in [0.25, 0.3) is 11.1 Å². The number of ether oxygens (including phenoxy) is 1. The number of likely N-dealkylation sites (N-methyl/N-ethyl adjacent to an activating group) is 1. The van der Waals surface area contributed by atoms with Gasteiger partial charge in [-0.15, -0.1) is 11.8 Å². The van der Waals surface area contributed by atoms with Crippen molar-refractivity contribution >= 4 is 124 Å². The maximum absolute atomic E-state index is 15.7. The van der Waals surface area contributed by atoms with E-state index in [1.807, 2.05) is 12.1 Å². The molecule has 0 spiro atoms. The molecule has 47 heteroatoms. The highest BCUT2D eigenvalue weighted by Crippen LogP contribution is 2.32. The Morgan fingerprint density at radius 2 is 0.966 bits per heavy atom. The van der Waals surface area contributed by atoms with Crippen molar-refractivity contribution in [2.45, 2.75) is 266 Å². The van der Waals surface area contributed by atoms with E-state index in [0.29, 0.717) is 53.4 Å². The fourth-order valence-electron chi connectivity index (χ4n) is 16.6. The van der Waals surface area contributed by atoms with Crippen LogP contribution in [0.1, 0.15) is 166 Å². The van der Waals surface area contributed by atoms with Gasteiger partial charge in [0.25, 0.3) is 0 Å². The average molecular weight is 2090 g/mol. The number of nitrogens with two attached hydrogens (primary N) is 6.